The number of hydrogen-bond donors (Lipinski definition) is 1. The first-order chi connectivity index (χ1) is 18.4. The molecular weight excluding hydrogens is 512 g/mol. The van der Waals surface area contributed by atoms with Gasteiger partial charge < -0.3 is 29.1 Å². The van der Waals surface area contributed by atoms with Crippen LogP contribution in [0.1, 0.15) is 77.0 Å². The van der Waals surface area contributed by atoms with Gasteiger partial charge in [0.15, 0.2) is 11.5 Å². The van der Waals surface area contributed by atoms with E-state index in [4.69, 9.17) is 14.2 Å². The van der Waals surface area contributed by atoms with E-state index in [-0.39, 0.29) is 28.9 Å². The summed E-state index contributed by atoms with van der Waals surface area (Å²) >= 11 is 1.68. The fourth-order valence-corrected chi connectivity index (χ4v) is 6.26. The molecule has 1 atom stereocenters. The highest BCUT2D eigenvalue weighted by Gasteiger charge is 2.35. The Kier molecular flexibility index (Phi) is 8.96. The SMILES string of the molecule is CCN(CCCN1C(=O)CSC1c1cc(C(C)(C)C)c(O)c(C(C)(C)C)c1)CCOc1ccc2c(c1)OCO2. The summed E-state index contributed by atoms with van der Waals surface area (Å²) in [7, 11) is 0. The number of ether oxygens (including phenoxy) is 3. The van der Waals surface area contributed by atoms with E-state index in [1.807, 2.05) is 23.1 Å². The Morgan fingerprint density at radius 2 is 1.69 bits per heavy atom. The standard InChI is InChI=1S/C31H44N2O5S/c1-8-32(14-15-36-22-10-11-25-26(18-22)38-20-37-25)12-9-13-33-27(34)19-39-29(33)21-16-23(30(2,3)4)28(35)24(17-21)31(5,6)7/h10-11,16-18,29,35H,8-9,12-15,19-20H2,1-7H3. The molecular formula is C31H44N2O5S. The number of carbonyl (C=O) groups is 1. The van der Waals surface area contributed by atoms with E-state index in [0.717, 1.165) is 60.0 Å². The van der Waals surface area contributed by atoms with Gasteiger partial charge in [0.1, 0.15) is 23.5 Å². The van der Waals surface area contributed by atoms with Gasteiger partial charge >= 0.3 is 0 Å². The van der Waals surface area contributed by atoms with E-state index >= 15 is 0 Å². The maximum atomic E-state index is 12.9. The Labute approximate surface area is 237 Å². The van der Waals surface area contributed by atoms with Crippen molar-refractivity contribution in [3.63, 3.8) is 0 Å². The topological polar surface area (TPSA) is 71.5 Å². The van der Waals surface area contributed by atoms with Crippen LogP contribution in [0.3, 0.4) is 0 Å². The zero-order valence-electron chi connectivity index (χ0n) is 24.5. The summed E-state index contributed by atoms with van der Waals surface area (Å²) in [4.78, 5) is 17.3. The van der Waals surface area contributed by atoms with Crippen molar-refractivity contribution in [3.8, 4) is 23.0 Å². The molecule has 8 heteroatoms. The molecule has 7 nitrogen and oxygen atoms in total. The molecule has 0 aliphatic carbocycles. The number of phenolic OH excluding ortho intramolecular Hbond substituents is 1. The van der Waals surface area contributed by atoms with Crippen LogP contribution in [0.5, 0.6) is 23.0 Å². The van der Waals surface area contributed by atoms with E-state index in [1.54, 1.807) is 11.8 Å². The minimum atomic E-state index is -0.206. The highest BCUT2D eigenvalue weighted by atomic mass is 32.2. The largest absolute Gasteiger partial charge is 0.507 e. The molecule has 39 heavy (non-hydrogen) atoms. The van der Waals surface area contributed by atoms with Gasteiger partial charge in [-0.3, -0.25) is 4.79 Å². The molecule has 1 fully saturated rings. The summed E-state index contributed by atoms with van der Waals surface area (Å²) in [5.41, 5.74) is 2.56. The zero-order chi connectivity index (χ0) is 28.4. The number of nitrogens with zero attached hydrogens (tertiary/aromatic N) is 2. The van der Waals surface area contributed by atoms with Crippen LogP contribution >= 0.6 is 11.8 Å². The summed E-state index contributed by atoms with van der Waals surface area (Å²) in [5, 5.41) is 11.1. The van der Waals surface area contributed by atoms with Crippen molar-refractivity contribution in [2.45, 2.75) is 71.1 Å². The molecule has 0 radical (unpaired) electrons. The molecule has 0 saturated carbocycles. The monoisotopic (exact) mass is 556 g/mol. The molecule has 2 aromatic rings. The van der Waals surface area contributed by atoms with Crippen LogP contribution in [-0.4, -0.2) is 66.1 Å². The number of thioether (sulfide) groups is 1. The molecule has 214 valence electrons. The molecule has 1 amide bonds. The highest BCUT2D eigenvalue weighted by molar-refractivity contribution is 8.00. The van der Waals surface area contributed by atoms with Gasteiger partial charge in [0.05, 0.1) is 5.75 Å². The van der Waals surface area contributed by atoms with Crippen molar-refractivity contribution >= 4 is 17.7 Å². The van der Waals surface area contributed by atoms with Crippen LogP contribution in [0.15, 0.2) is 30.3 Å². The van der Waals surface area contributed by atoms with Crippen LogP contribution in [0.4, 0.5) is 0 Å². The van der Waals surface area contributed by atoms with Crippen LogP contribution in [0.2, 0.25) is 0 Å². The predicted molar refractivity (Wildman–Crippen MR) is 157 cm³/mol. The van der Waals surface area contributed by atoms with Crippen molar-refractivity contribution in [3.05, 3.63) is 47.0 Å². The number of phenols is 1. The van der Waals surface area contributed by atoms with Gasteiger partial charge in [0, 0.05) is 19.2 Å². The number of likely N-dealkylation sites (N-methyl/N-ethyl adjacent to an activating group) is 1. The van der Waals surface area contributed by atoms with Gasteiger partial charge in [-0.15, -0.1) is 11.8 Å². The van der Waals surface area contributed by atoms with E-state index in [0.29, 0.717) is 24.7 Å². The van der Waals surface area contributed by atoms with Crippen LogP contribution in [0, 0.1) is 0 Å². The average molecular weight is 557 g/mol. The Hall–Kier alpha value is -2.58. The van der Waals surface area contributed by atoms with E-state index in [2.05, 4.69) is 65.5 Å². The summed E-state index contributed by atoms with van der Waals surface area (Å²) in [6.45, 7) is 19.0. The summed E-state index contributed by atoms with van der Waals surface area (Å²) in [6, 6.07) is 9.87. The van der Waals surface area contributed by atoms with Crippen LogP contribution in [0.25, 0.3) is 0 Å². The van der Waals surface area contributed by atoms with E-state index in [1.165, 1.54) is 0 Å². The Morgan fingerprint density at radius 3 is 2.33 bits per heavy atom. The number of fused-ring (bicyclic) bond motifs is 1. The molecule has 2 heterocycles. The van der Waals surface area contributed by atoms with Crippen molar-refractivity contribution < 1.29 is 24.1 Å². The fourth-order valence-electron chi connectivity index (χ4n) is 5.07. The minimum Gasteiger partial charge on any atom is -0.507 e. The lowest BCUT2D eigenvalue weighted by Gasteiger charge is -2.31. The second-order valence-electron chi connectivity index (χ2n) is 12.4. The Bertz CT molecular complexity index is 1140. The van der Waals surface area contributed by atoms with Crippen LogP contribution < -0.4 is 14.2 Å². The summed E-state index contributed by atoms with van der Waals surface area (Å²) in [5.74, 6) is 3.30. The first kappa shape index (κ1) is 29.4. The fraction of sp³-hybridized carbons (Fsp3) is 0.581. The molecule has 1 unspecified atom stereocenters. The number of benzene rings is 2. The lowest BCUT2D eigenvalue weighted by molar-refractivity contribution is -0.128. The number of hydrogen-bond acceptors (Lipinski definition) is 7. The lowest BCUT2D eigenvalue weighted by Crippen LogP contribution is -2.34. The number of amides is 1. The second-order valence-corrected chi connectivity index (χ2v) is 13.4. The van der Waals surface area contributed by atoms with E-state index < -0.39 is 0 Å². The molecule has 2 aliphatic heterocycles. The molecule has 0 aromatic heterocycles. The Morgan fingerprint density at radius 1 is 1.03 bits per heavy atom. The molecule has 1 N–H and O–H groups in total. The van der Waals surface area contributed by atoms with E-state index in [9.17, 15) is 9.90 Å². The van der Waals surface area contributed by atoms with Gasteiger partial charge in [-0.2, -0.15) is 0 Å². The smallest absolute Gasteiger partial charge is 0.233 e. The van der Waals surface area contributed by atoms with Crippen molar-refractivity contribution in [1.82, 2.24) is 9.80 Å². The molecule has 2 aromatic carbocycles. The quantitative estimate of drug-likeness (QED) is 0.380. The normalized spacial score (nSPS) is 17.4. The first-order valence-electron chi connectivity index (χ1n) is 13.9. The molecule has 4 rings (SSSR count). The van der Waals surface area contributed by atoms with Crippen molar-refractivity contribution in [1.29, 1.82) is 0 Å². The Balaban J connectivity index is 1.37. The third kappa shape index (κ3) is 6.95. The third-order valence-corrected chi connectivity index (χ3v) is 8.60. The van der Waals surface area contributed by atoms with Gasteiger partial charge in [-0.05, 0) is 71.3 Å². The number of aromatic hydroxyl groups is 1. The summed E-state index contributed by atoms with van der Waals surface area (Å²) < 4.78 is 16.8. The lowest BCUT2D eigenvalue weighted by atomic mass is 9.78. The predicted octanol–water partition coefficient (Wildman–Crippen LogP) is 6.08. The first-order valence-corrected chi connectivity index (χ1v) is 15.0. The minimum absolute atomic E-state index is 0.0373. The second kappa shape index (κ2) is 11.9. The maximum absolute atomic E-state index is 12.9. The van der Waals surface area contributed by atoms with Crippen molar-refractivity contribution in [2.75, 3.05) is 45.3 Å². The van der Waals surface area contributed by atoms with Crippen molar-refractivity contribution in [2.24, 2.45) is 0 Å². The number of rotatable bonds is 10. The molecule has 0 spiro atoms. The van der Waals surface area contributed by atoms with Gasteiger partial charge in [0.25, 0.3) is 0 Å². The van der Waals surface area contributed by atoms with Crippen LogP contribution in [-0.2, 0) is 15.6 Å². The highest BCUT2D eigenvalue weighted by Crippen LogP contribution is 2.45. The molecule has 2 aliphatic rings. The van der Waals surface area contributed by atoms with Gasteiger partial charge in [0.2, 0.25) is 12.7 Å². The molecule has 0 bridgehead atoms. The average Bonchev–Trinajstić information content (AvgIpc) is 3.48. The van der Waals surface area contributed by atoms with Gasteiger partial charge in [-0.25, -0.2) is 0 Å². The third-order valence-electron chi connectivity index (χ3n) is 7.34. The van der Waals surface area contributed by atoms with Gasteiger partial charge in [-0.1, -0.05) is 48.5 Å². The maximum Gasteiger partial charge on any atom is 0.233 e. The molecule has 1 saturated heterocycles. The number of carbonyl (C=O) groups excluding carboxylic acids is 1. The summed E-state index contributed by atoms with van der Waals surface area (Å²) in [6.07, 6.45) is 0.886. The zero-order valence-corrected chi connectivity index (χ0v) is 25.3.